The van der Waals surface area contributed by atoms with Crippen LogP contribution in [-0.2, 0) is 11.3 Å². The molecule has 0 fully saturated rings. The van der Waals surface area contributed by atoms with E-state index in [1.54, 1.807) is 12.1 Å². The minimum Gasteiger partial charge on any atom is -0.486 e. The fourth-order valence-electron chi connectivity index (χ4n) is 2.31. The number of fused-ring (bicyclic) bond motifs is 1. The average Bonchev–Trinajstić information content (AvgIpc) is 2.60. The fourth-order valence-corrected chi connectivity index (χ4v) is 2.49. The Morgan fingerprint density at radius 2 is 1.96 bits per heavy atom. The first-order valence-electron chi connectivity index (χ1n) is 7.66. The Labute approximate surface area is 145 Å². The number of nitrogens with one attached hydrogen (secondary N) is 1. The number of rotatable bonds is 5. The molecule has 2 aromatic carbocycles. The second-order valence-corrected chi connectivity index (χ2v) is 5.88. The van der Waals surface area contributed by atoms with Crippen molar-refractivity contribution in [1.82, 2.24) is 5.32 Å². The molecule has 1 aliphatic rings. The van der Waals surface area contributed by atoms with Crippen LogP contribution in [0, 0.1) is 6.92 Å². The Hall–Kier alpha value is -2.40. The summed E-state index contributed by atoms with van der Waals surface area (Å²) in [6.07, 6.45) is 0. The Bertz CT molecular complexity index is 748. The maximum atomic E-state index is 11.9. The zero-order valence-corrected chi connectivity index (χ0v) is 14.1. The van der Waals surface area contributed by atoms with Crippen LogP contribution in [0.2, 0.25) is 5.02 Å². The van der Waals surface area contributed by atoms with E-state index >= 15 is 0 Å². The SMILES string of the molecule is Cc1ccc(Cl)c(OCC(=O)NCc2ccc3c(c2)OCCO3)c1. The van der Waals surface area contributed by atoms with Gasteiger partial charge in [0.05, 0.1) is 5.02 Å². The molecule has 0 saturated heterocycles. The van der Waals surface area contributed by atoms with E-state index in [4.69, 9.17) is 25.8 Å². The average molecular weight is 348 g/mol. The van der Waals surface area contributed by atoms with Gasteiger partial charge in [0.15, 0.2) is 18.1 Å². The third kappa shape index (κ3) is 4.11. The quantitative estimate of drug-likeness (QED) is 0.903. The normalized spacial score (nSPS) is 12.6. The largest absolute Gasteiger partial charge is 0.486 e. The molecule has 1 amide bonds. The van der Waals surface area contributed by atoms with Crippen molar-refractivity contribution < 1.29 is 19.0 Å². The van der Waals surface area contributed by atoms with Gasteiger partial charge in [0.2, 0.25) is 0 Å². The number of carbonyl (C=O) groups excluding carboxylic acids is 1. The Morgan fingerprint density at radius 3 is 2.79 bits per heavy atom. The van der Waals surface area contributed by atoms with E-state index in [-0.39, 0.29) is 12.5 Å². The van der Waals surface area contributed by atoms with Crippen LogP contribution < -0.4 is 19.5 Å². The summed E-state index contributed by atoms with van der Waals surface area (Å²) in [5.74, 6) is 1.72. The summed E-state index contributed by atoms with van der Waals surface area (Å²) >= 11 is 6.04. The number of ether oxygens (including phenoxy) is 3. The van der Waals surface area contributed by atoms with Crippen molar-refractivity contribution >= 4 is 17.5 Å². The topological polar surface area (TPSA) is 56.8 Å². The highest BCUT2D eigenvalue weighted by Gasteiger charge is 2.12. The van der Waals surface area contributed by atoms with Crippen molar-refractivity contribution in [3.05, 3.63) is 52.5 Å². The first kappa shape index (κ1) is 16.5. The monoisotopic (exact) mass is 347 g/mol. The lowest BCUT2D eigenvalue weighted by Crippen LogP contribution is -2.28. The number of amides is 1. The van der Waals surface area contributed by atoms with Crippen molar-refractivity contribution in [3.63, 3.8) is 0 Å². The Kier molecular flexibility index (Phi) is 5.11. The molecule has 1 heterocycles. The van der Waals surface area contributed by atoms with Gasteiger partial charge in [0.1, 0.15) is 19.0 Å². The number of hydrogen-bond acceptors (Lipinski definition) is 4. The minimum absolute atomic E-state index is 0.0896. The van der Waals surface area contributed by atoms with Crippen molar-refractivity contribution in [2.45, 2.75) is 13.5 Å². The van der Waals surface area contributed by atoms with Crippen LogP contribution in [0.15, 0.2) is 36.4 Å². The highest BCUT2D eigenvalue weighted by Crippen LogP contribution is 2.30. The van der Waals surface area contributed by atoms with Gasteiger partial charge in [-0.2, -0.15) is 0 Å². The van der Waals surface area contributed by atoms with E-state index in [9.17, 15) is 4.79 Å². The summed E-state index contributed by atoms with van der Waals surface area (Å²) in [4.78, 5) is 11.9. The van der Waals surface area contributed by atoms with Crippen molar-refractivity contribution in [2.75, 3.05) is 19.8 Å². The van der Waals surface area contributed by atoms with E-state index < -0.39 is 0 Å². The molecule has 1 N–H and O–H groups in total. The molecule has 6 heteroatoms. The summed E-state index contributed by atoms with van der Waals surface area (Å²) < 4.78 is 16.5. The molecule has 126 valence electrons. The molecule has 5 nitrogen and oxygen atoms in total. The molecule has 24 heavy (non-hydrogen) atoms. The van der Waals surface area contributed by atoms with Crippen LogP contribution in [0.1, 0.15) is 11.1 Å². The predicted octanol–water partition coefficient (Wildman–Crippen LogP) is 3.11. The molecule has 2 aromatic rings. The summed E-state index contributed by atoms with van der Waals surface area (Å²) in [6.45, 7) is 3.33. The van der Waals surface area contributed by atoms with Crippen LogP contribution >= 0.6 is 11.6 Å². The zero-order chi connectivity index (χ0) is 16.9. The highest BCUT2D eigenvalue weighted by molar-refractivity contribution is 6.32. The van der Waals surface area contributed by atoms with Crippen molar-refractivity contribution in [3.8, 4) is 17.2 Å². The number of benzene rings is 2. The molecule has 0 bridgehead atoms. The highest BCUT2D eigenvalue weighted by atomic mass is 35.5. The van der Waals surface area contributed by atoms with Crippen LogP contribution in [0.25, 0.3) is 0 Å². The van der Waals surface area contributed by atoms with Gasteiger partial charge in [0, 0.05) is 6.54 Å². The molecule has 0 aromatic heterocycles. The fraction of sp³-hybridized carbons (Fsp3) is 0.278. The summed E-state index contributed by atoms with van der Waals surface area (Å²) in [5, 5.41) is 3.29. The standard InChI is InChI=1S/C18H18ClNO4/c1-12-2-4-14(19)16(8-12)24-11-18(21)20-10-13-3-5-15-17(9-13)23-7-6-22-15/h2-5,8-9H,6-7,10-11H2,1H3,(H,20,21). The van der Waals surface area contributed by atoms with Gasteiger partial charge in [-0.3, -0.25) is 4.79 Å². The minimum atomic E-state index is -0.220. The first-order chi connectivity index (χ1) is 11.6. The van der Waals surface area contributed by atoms with Gasteiger partial charge >= 0.3 is 0 Å². The van der Waals surface area contributed by atoms with Crippen LogP contribution in [0.4, 0.5) is 0 Å². The summed E-state index contributed by atoms with van der Waals surface area (Å²) in [5.41, 5.74) is 1.95. The zero-order valence-electron chi connectivity index (χ0n) is 13.3. The predicted molar refractivity (Wildman–Crippen MR) is 91.0 cm³/mol. The van der Waals surface area contributed by atoms with Gasteiger partial charge in [-0.15, -0.1) is 0 Å². The molecule has 0 saturated carbocycles. The first-order valence-corrected chi connectivity index (χ1v) is 8.04. The molecular formula is C18H18ClNO4. The molecule has 3 rings (SSSR count). The lowest BCUT2D eigenvalue weighted by atomic mass is 10.2. The molecule has 0 atom stereocenters. The molecule has 0 aliphatic carbocycles. The van der Waals surface area contributed by atoms with Gasteiger partial charge in [-0.1, -0.05) is 23.7 Å². The third-order valence-electron chi connectivity index (χ3n) is 3.54. The maximum absolute atomic E-state index is 11.9. The summed E-state index contributed by atoms with van der Waals surface area (Å²) in [6, 6.07) is 11.0. The maximum Gasteiger partial charge on any atom is 0.258 e. The molecule has 0 spiro atoms. The van der Waals surface area contributed by atoms with E-state index in [0.717, 1.165) is 16.9 Å². The molecule has 0 radical (unpaired) electrons. The van der Waals surface area contributed by atoms with E-state index in [1.807, 2.05) is 31.2 Å². The van der Waals surface area contributed by atoms with Crippen LogP contribution in [0.3, 0.4) is 0 Å². The second-order valence-electron chi connectivity index (χ2n) is 5.48. The lowest BCUT2D eigenvalue weighted by Gasteiger charge is -2.19. The Morgan fingerprint density at radius 1 is 1.17 bits per heavy atom. The van der Waals surface area contributed by atoms with E-state index in [0.29, 0.717) is 36.3 Å². The van der Waals surface area contributed by atoms with Gasteiger partial charge in [-0.25, -0.2) is 0 Å². The number of aryl methyl sites for hydroxylation is 1. The third-order valence-corrected chi connectivity index (χ3v) is 3.85. The van der Waals surface area contributed by atoms with Gasteiger partial charge < -0.3 is 19.5 Å². The number of halogens is 1. The van der Waals surface area contributed by atoms with Crippen molar-refractivity contribution in [1.29, 1.82) is 0 Å². The molecule has 1 aliphatic heterocycles. The number of hydrogen-bond donors (Lipinski definition) is 1. The van der Waals surface area contributed by atoms with Crippen LogP contribution in [0.5, 0.6) is 17.2 Å². The summed E-state index contributed by atoms with van der Waals surface area (Å²) in [7, 11) is 0. The lowest BCUT2D eigenvalue weighted by molar-refractivity contribution is -0.123. The van der Waals surface area contributed by atoms with Gasteiger partial charge in [-0.05, 0) is 42.3 Å². The van der Waals surface area contributed by atoms with E-state index in [1.165, 1.54) is 0 Å². The molecular weight excluding hydrogens is 330 g/mol. The van der Waals surface area contributed by atoms with Crippen molar-refractivity contribution in [2.24, 2.45) is 0 Å². The number of carbonyl (C=O) groups is 1. The Balaban J connectivity index is 1.51. The second kappa shape index (κ2) is 7.45. The van der Waals surface area contributed by atoms with E-state index in [2.05, 4.69) is 5.32 Å². The smallest absolute Gasteiger partial charge is 0.258 e. The van der Waals surface area contributed by atoms with Crippen LogP contribution in [-0.4, -0.2) is 25.7 Å². The molecule has 0 unspecified atom stereocenters. The van der Waals surface area contributed by atoms with Gasteiger partial charge in [0.25, 0.3) is 5.91 Å².